The maximum atomic E-state index is 4.44. The third-order valence-corrected chi connectivity index (χ3v) is 4.24. The first-order chi connectivity index (χ1) is 9.33. The first-order valence-electron chi connectivity index (χ1n) is 6.72. The van der Waals surface area contributed by atoms with Gasteiger partial charge in [-0.25, -0.2) is 0 Å². The quantitative estimate of drug-likeness (QED) is 0.844. The molecule has 1 saturated heterocycles. The van der Waals surface area contributed by atoms with E-state index in [9.17, 15) is 0 Å². The Kier molecular flexibility index (Phi) is 3.95. The third-order valence-electron chi connectivity index (χ3n) is 3.71. The predicted molar refractivity (Wildman–Crippen MR) is 80.8 cm³/mol. The lowest BCUT2D eigenvalue weighted by Gasteiger charge is -2.24. The first-order valence-corrected chi connectivity index (χ1v) is 7.51. The van der Waals surface area contributed by atoms with Gasteiger partial charge in [-0.1, -0.05) is 34.1 Å². The lowest BCUT2D eigenvalue weighted by Crippen LogP contribution is -2.23. The van der Waals surface area contributed by atoms with Gasteiger partial charge in [0.2, 0.25) is 0 Å². The van der Waals surface area contributed by atoms with Crippen LogP contribution in [0.25, 0.3) is 0 Å². The molecule has 1 unspecified atom stereocenters. The van der Waals surface area contributed by atoms with Gasteiger partial charge in [-0.3, -0.25) is 9.88 Å². The molecule has 0 spiro atoms. The van der Waals surface area contributed by atoms with Gasteiger partial charge in [-0.2, -0.15) is 0 Å². The standard InChI is InChI=1S/C16H17BrN2/c17-14-8-6-13(7-9-14)16-5-3-11-19(16)12-15-4-1-2-10-18-15/h1-2,4,6-10,16H,3,5,11-12H2. The van der Waals surface area contributed by atoms with Crippen molar-refractivity contribution < 1.29 is 0 Å². The molecule has 2 heterocycles. The maximum absolute atomic E-state index is 4.44. The van der Waals surface area contributed by atoms with Crippen LogP contribution in [-0.2, 0) is 6.54 Å². The molecule has 0 N–H and O–H groups in total. The number of nitrogens with zero attached hydrogens (tertiary/aromatic N) is 2. The van der Waals surface area contributed by atoms with Crippen molar-refractivity contribution >= 4 is 15.9 Å². The van der Waals surface area contributed by atoms with Gasteiger partial charge in [0.15, 0.2) is 0 Å². The molecule has 1 fully saturated rings. The summed E-state index contributed by atoms with van der Waals surface area (Å²) in [5, 5.41) is 0. The Hall–Kier alpha value is -1.19. The summed E-state index contributed by atoms with van der Waals surface area (Å²) in [7, 11) is 0. The van der Waals surface area contributed by atoms with Crippen LogP contribution < -0.4 is 0 Å². The van der Waals surface area contributed by atoms with E-state index in [-0.39, 0.29) is 0 Å². The van der Waals surface area contributed by atoms with Crippen molar-refractivity contribution in [1.29, 1.82) is 0 Å². The molecule has 0 saturated carbocycles. The molecule has 2 aromatic rings. The lowest BCUT2D eigenvalue weighted by molar-refractivity contribution is 0.245. The average Bonchev–Trinajstić information content (AvgIpc) is 2.89. The molecule has 1 aliphatic heterocycles. The van der Waals surface area contributed by atoms with Gasteiger partial charge >= 0.3 is 0 Å². The summed E-state index contributed by atoms with van der Waals surface area (Å²) >= 11 is 3.50. The molecule has 0 bridgehead atoms. The van der Waals surface area contributed by atoms with Crippen LogP contribution >= 0.6 is 15.9 Å². The van der Waals surface area contributed by atoms with Crippen LogP contribution in [0.1, 0.15) is 30.1 Å². The fourth-order valence-electron chi connectivity index (χ4n) is 2.78. The van der Waals surface area contributed by atoms with E-state index in [1.165, 1.54) is 18.4 Å². The van der Waals surface area contributed by atoms with Gasteiger partial charge in [0.25, 0.3) is 0 Å². The second-order valence-electron chi connectivity index (χ2n) is 5.00. The average molecular weight is 317 g/mol. The minimum Gasteiger partial charge on any atom is -0.291 e. The Morgan fingerprint density at radius 2 is 2.00 bits per heavy atom. The summed E-state index contributed by atoms with van der Waals surface area (Å²) in [6.45, 7) is 2.11. The number of pyridine rings is 1. The summed E-state index contributed by atoms with van der Waals surface area (Å²) in [5.41, 5.74) is 2.57. The number of aromatic nitrogens is 1. The maximum Gasteiger partial charge on any atom is 0.0544 e. The summed E-state index contributed by atoms with van der Waals surface area (Å²) in [6, 6.07) is 15.4. The summed E-state index contributed by atoms with van der Waals surface area (Å²) < 4.78 is 1.14. The Bertz CT molecular complexity index is 524. The topological polar surface area (TPSA) is 16.1 Å². The van der Waals surface area contributed by atoms with Gasteiger partial charge in [0.05, 0.1) is 5.69 Å². The van der Waals surface area contributed by atoms with Crippen molar-refractivity contribution in [2.45, 2.75) is 25.4 Å². The summed E-state index contributed by atoms with van der Waals surface area (Å²) in [5.74, 6) is 0. The van der Waals surface area contributed by atoms with Gasteiger partial charge in [-0.15, -0.1) is 0 Å². The highest BCUT2D eigenvalue weighted by molar-refractivity contribution is 9.10. The molecule has 0 aliphatic carbocycles. The van der Waals surface area contributed by atoms with E-state index >= 15 is 0 Å². The second kappa shape index (κ2) is 5.85. The molecular weight excluding hydrogens is 300 g/mol. The van der Waals surface area contributed by atoms with Crippen LogP contribution in [-0.4, -0.2) is 16.4 Å². The van der Waals surface area contributed by atoms with Crippen molar-refractivity contribution in [1.82, 2.24) is 9.88 Å². The molecule has 19 heavy (non-hydrogen) atoms. The van der Waals surface area contributed by atoms with E-state index in [1.807, 2.05) is 12.3 Å². The van der Waals surface area contributed by atoms with Crippen LogP contribution in [0.15, 0.2) is 53.1 Å². The Balaban J connectivity index is 1.76. The highest BCUT2D eigenvalue weighted by atomic mass is 79.9. The van der Waals surface area contributed by atoms with E-state index in [0.717, 1.165) is 23.3 Å². The van der Waals surface area contributed by atoms with Crippen LogP contribution in [0.2, 0.25) is 0 Å². The van der Waals surface area contributed by atoms with Gasteiger partial charge in [0, 0.05) is 23.3 Å². The van der Waals surface area contributed by atoms with Crippen LogP contribution in [0.4, 0.5) is 0 Å². The Morgan fingerprint density at radius 1 is 1.16 bits per heavy atom. The Morgan fingerprint density at radius 3 is 2.74 bits per heavy atom. The molecule has 1 aromatic heterocycles. The number of hydrogen-bond donors (Lipinski definition) is 0. The second-order valence-corrected chi connectivity index (χ2v) is 5.92. The number of hydrogen-bond acceptors (Lipinski definition) is 2. The zero-order valence-electron chi connectivity index (χ0n) is 10.8. The smallest absolute Gasteiger partial charge is 0.0544 e. The van der Waals surface area contributed by atoms with Crippen LogP contribution in [0.5, 0.6) is 0 Å². The van der Waals surface area contributed by atoms with Crippen molar-refractivity contribution in [2.75, 3.05) is 6.54 Å². The molecule has 1 aromatic carbocycles. The molecule has 1 atom stereocenters. The largest absolute Gasteiger partial charge is 0.291 e. The number of likely N-dealkylation sites (tertiary alicyclic amines) is 1. The van der Waals surface area contributed by atoms with Crippen LogP contribution in [0.3, 0.4) is 0 Å². The highest BCUT2D eigenvalue weighted by Gasteiger charge is 2.25. The monoisotopic (exact) mass is 316 g/mol. The number of benzene rings is 1. The molecule has 2 nitrogen and oxygen atoms in total. The first kappa shape index (κ1) is 12.8. The lowest BCUT2D eigenvalue weighted by atomic mass is 10.0. The normalized spacial score (nSPS) is 19.7. The van der Waals surface area contributed by atoms with Crippen molar-refractivity contribution in [2.24, 2.45) is 0 Å². The fraction of sp³-hybridized carbons (Fsp3) is 0.312. The minimum atomic E-state index is 0.537. The fourth-order valence-corrected chi connectivity index (χ4v) is 3.04. The van der Waals surface area contributed by atoms with Gasteiger partial charge in [0.1, 0.15) is 0 Å². The van der Waals surface area contributed by atoms with Gasteiger partial charge < -0.3 is 0 Å². The molecular formula is C16H17BrN2. The summed E-state index contributed by atoms with van der Waals surface area (Å²) in [4.78, 5) is 6.97. The predicted octanol–water partition coefficient (Wildman–Crippen LogP) is 4.18. The molecule has 3 rings (SSSR count). The molecule has 1 aliphatic rings. The van der Waals surface area contributed by atoms with E-state index in [2.05, 4.69) is 62.2 Å². The van der Waals surface area contributed by atoms with Crippen molar-refractivity contribution in [3.8, 4) is 0 Å². The molecule has 0 radical (unpaired) electrons. The number of halogens is 1. The molecule has 0 amide bonds. The van der Waals surface area contributed by atoms with E-state index in [0.29, 0.717) is 6.04 Å². The van der Waals surface area contributed by atoms with Crippen molar-refractivity contribution in [3.63, 3.8) is 0 Å². The highest BCUT2D eigenvalue weighted by Crippen LogP contribution is 2.33. The third kappa shape index (κ3) is 3.04. The molecule has 3 heteroatoms. The van der Waals surface area contributed by atoms with E-state index in [1.54, 1.807) is 0 Å². The SMILES string of the molecule is Brc1ccc(C2CCCN2Cc2ccccn2)cc1. The molecule has 98 valence electrons. The van der Waals surface area contributed by atoms with E-state index < -0.39 is 0 Å². The minimum absolute atomic E-state index is 0.537. The van der Waals surface area contributed by atoms with E-state index in [4.69, 9.17) is 0 Å². The number of rotatable bonds is 3. The van der Waals surface area contributed by atoms with Crippen LogP contribution in [0, 0.1) is 0 Å². The van der Waals surface area contributed by atoms with Crippen molar-refractivity contribution in [3.05, 3.63) is 64.4 Å². The van der Waals surface area contributed by atoms with Gasteiger partial charge in [-0.05, 0) is 49.2 Å². The summed E-state index contributed by atoms with van der Waals surface area (Å²) in [6.07, 6.45) is 4.39. The Labute approximate surface area is 122 Å². The zero-order chi connectivity index (χ0) is 13.1. The zero-order valence-corrected chi connectivity index (χ0v) is 12.4.